The minimum Gasteiger partial charge on any atom is -0.333 e. The highest BCUT2D eigenvalue weighted by Crippen LogP contribution is 2.39. The largest absolute Gasteiger partial charge is 0.333 e. The number of aryl methyl sites for hydroxylation is 1. The number of nitrogens with two attached hydrogens (primary N) is 1. The van der Waals surface area contributed by atoms with Crippen LogP contribution in [0.1, 0.15) is 40.7 Å². The number of pyridine rings is 1. The lowest BCUT2D eigenvalue weighted by Crippen LogP contribution is -2.24. The standard InChI is InChI=1S/C18H19Cl2N3O/c1-3-6-23-9-15-17(18(23)24)16(13(8-21)10(2)22-15)12-5-4-11(19)7-14(12)20/h4-5,7H,3,6,8-9,21H2,1-2H3. The van der Waals surface area contributed by atoms with Crippen LogP contribution in [0, 0.1) is 6.92 Å². The Kier molecular flexibility index (Phi) is 4.81. The normalized spacial score (nSPS) is 13.5. The van der Waals surface area contributed by atoms with Crippen LogP contribution in [0.15, 0.2) is 18.2 Å². The first-order chi connectivity index (χ1) is 11.5. The summed E-state index contributed by atoms with van der Waals surface area (Å²) in [7, 11) is 0. The van der Waals surface area contributed by atoms with Gasteiger partial charge in [-0.3, -0.25) is 9.78 Å². The molecule has 0 aliphatic carbocycles. The van der Waals surface area contributed by atoms with Gasteiger partial charge in [0, 0.05) is 40.0 Å². The summed E-state index contributed by atoms with van der Waals surface area (Å²) in [5.41, 5.74) is 10.6. The van der Waals surface area contributed by atoms with Gasteiger partial charge in [0.25, 0.3) is 5.91 Å². The second-order valence-electron chi connectivity index (χ2n) is 5.93. The van der Waals surface area contributed by atoms with E-state index in [0.717, 1.165) is 34.5 Å². The smallest absolute Gasteiger partial charge is 0.256 e. The average molecular weight is 364 g/mol. The number of benzene rings is 1. The molecule has 0 saturated heterocycles. The van der Waals surface area contributed by atoms with Crippen molar-refractivity contribution in [3.05, 3.63) is 50.8 Å². The third kappa shape index (κ3) is 2.79. The lowest BCUT2D eigenvalue weighted by atomic mass is 9.93. The summed E-state index contributed by atoms with van der Waals surface area (Å²) in [4.78, 5) is 19.4. The molecule has 126 valence electrons. The molecule has 3 rings (SSSR count). The van der Waals surface area contributed by atoms with E-state index in [1.807, 2.05) is 17.9 Å². The van der Waals surface area contributed by atoms with Crippen molar-refractivity contribution < 1.29 is 4.79 Å². The summed E-state index contributed by atoms with van der Waals surface area (Å²) in [5.74, 6) is -0.00457. The van der Waals surface area contributed by atoms with Crippen LogP contribution in [-0.4, -0.2) is 22.3 Å². The Morgan fingerprint density at radius 1 is 1.29 bits per heavy atom. The number of halogens is 2. The maximum atomic E-state index is 12.9. The molecule has 1 aliphatic heterocycles. The van der Waals surface area contributed by atoms with Crippen molar-refractivity contribution in [3.8, 4) is 11.1 Å². The van der Waals surface area contributed by atoms with Crippen molar-refractivity contribution in [2.45, 2.75) is 33.4 Å². The molecule has 0 atom stereocenters. The van der Waals surface area contributed by atoms with Crippen molar-refractivity contribution >= 4 is 29.1 Å². The third-order valence-electron chi connectivity index (χ3n) is 4.32. The molecule has 1 aromatic carbocycles. The third-order valence-corrected chi connectivity index (χ3v) is 4.87. The Morgan fingerprint density at radius 2 is 2.04 bits per heavy atom. The molecule has 0 saturated carbocycles. The van der Waals surface area contributed by atoms with Crippen LogP contribution < -0.4 is 5.73 Å². The molecule has 24 heavy (non-hydrogen) atoms. The van der Waals surface area contributed by atoms with Crippen LogP contribution in [-0.2, 0) is 13.1 Å². The molecule has 0 spiro atoms. The van der Waals surface area contributed by atoms with Crippen LogP contribution in [0.3, 0.4) is 0 Å². The number of nitrogens with zero attached hydrogens (tertiary/aromatic N) is 2. The van der Waals surface area contributed by atoms with Gasteiger partial charge >= 0.3 is 0 Å². The quantitative estimate of drug-likeness (QED) is 0.885. The van der Waals surface area contributed by atoms with Crippen LogP contribution in [0.2, 0.25) is 10.0 Å². The fraction of sp³-hybridized carbons (Fsp3) is 0.333. The van der Waals surface area contributed by atoms with Gasteiger partial charge in [-0.2, -0.15) is 0 Å². The summed E-state index contributed by atoms with van der Waals surface area (Å²) >= 11 is 12.4. The molecule has 0 radical (unpaired) electrons. The van der Waals surface area contributed by atoms with Gasteiger partial charge in [0.1, 0.15) is 0 Å². The molecule has 4 nitrogen and oxygen atoms in total. The SMILES string of the molecule is CCCN1Cc2nc(C)c(CN)c(-c3ccc(Cl)cc3Cl)c2C1=O. The summed E-state index contributed by atoms with van der Waals surface area (Å²) < 4.78 is 0. The van der Waals surface area contributed by atoms with Crippen molar-refractivity contribution in [1.82, 2.24) is 9.88 Å². The summed E-state index contributed by atoms with van der Waals surface area (Å²) in [6.45, 7) is 5.51. The second-order valence-corrected chi connectivity index (χ2v) is 6.77. The number of carbonyl (C=O) groups is 1. The predicted molar refractivity (Wildman–Crippen MR) is 97.4 cm³/mol. The molecule has 1 aromatic heterocycles. The van der Waals surface area contributed by atoms with E-state index < -0.39 is 0 Å². The molecular weight excluding hydrogens is 345 g/mol. The van der Waals surface area contributed by atoms with E-state index in [-0.39, 0.29) is 5.91 Å². The minimum atomic E-state index is -0.00457. The Balaban J connectivity index is 2.28. The number of carbonyl (C=O) groups excluding carboxylic acids is 1. The van der Waals surface area contributed by atoms with E-state index in [1.54, 1.807) is 12.1 Å². The first kappa shape index (κ1) is 17.2. The molecule has 1 aliphatic rings. The van der Waals surface area contributed by atoms with E-state index >= 15 is 0 Å². The highest BCUT2D eigenvalue weighted by Gasteiger charge is 2.33. The van der Waals surface area contributed by atoms with Crippen LogP contribution >= 0.6 is 23.2 Å². The zero-order valence-corrected chi connectivity index (χ0v) is 15.2. The zero-order valence-electron chi connectivity index (χ0n) is 13.7. The first-order valence-electron chi connectivity index (χ1n) is 7.95. The Labute approximate surface area is 151 Å². The molecule has 6 heteroatoms. The number of aromatic nitrogens is 1. The lowest BCUT2D eigenvalue weighted by Gasteiger charge is -2.16. The van der Waals surface area contributed by atoms with Gasteiger partial charge in [-0.1, -0.05) is 36.2 Å². The summed E-state index contributed by atoms with van der Waals surface area (Å²) in [5, 5.41) is 1.06. The van der Waals surface area contributed by atoms with Crippen LogP contribution in [0.4, 0.5) is 0 Å². The molecule has 2 aromatic rings. The highest BCUT2D eigenvalue weighted by molar-refractivity contribution is 6.36. The van der Waals surface area contributed by atoms with Crippen molar-refractivity contribution in [2.24, 2.45) is 5.73 Å². The zero-order chi connectivity index (χ0) is 17.4. The Hall–Kier alpha value is -1.62. The van der Waals surface area contributed by atoms with E-state index in [9.17, 15) is 4.79 Å². The Bertz CT molecular complexity index is 820. The van der Waals surface area contributed by atoms with Gasteiger partial charge in [-0.25, -0.2) is 0 Å². The number of hydrogen-bond donors (Lipinski definition) is 1. The maximum absolute atomic E-state index is 12.9. The van der Waals surface area contributed by atoms with Crippen LogP contribution in [0.5, 0.6) is 0 Å². The predicted octanol–water partition coefficient (Wildman–Crippen LogP) is 4.19. The van der Waals surface area contributed by atoms with E-state index in [0.29, 0.717) is 35.2 Å². The molecule has 2 heterocycles. The van der Waals surface area contributed by atoms with Gasteiger partial charge in [0.05, 0.1) is 17.8 Å². The highest BCUT2D eigenvalue weighted by atomic mass is 35.5. The number of rotatable bonds is 4. The van der Waals surface area contributed by atoms with Gasteiger partial charge in [-0.15, -0.1) is 0 Å². The molecule has 2 N–H and O–H groups in total. The topological polar surface area (TPSA) is 59.2 Å². The summed E-state index contributed by atoms with van der Waals surface area (Å²) in [6.07, 6.45) is 0.902. The van der Waals surface area contributed by atoms with E-state index in [2.05, 4.69) is 11.9 Å². The van der Waals surface area contributed by atoms with Gasteiger partial charge in [0.2, 0.25) is 0 Å². The summed E-state index contributed by atoms with van der Waals surface area (Å²) in [6, 6.07) is 5.30. The minimum absolute atomic E-state index is 0.00457. The van der Waals surface area contributed by atoms with Crippen LogP contribution in [0.25, 0.3) is 11.1 Å². The number of fused-ring (bicyclic) bond motifs is 1. The molecule has 0 fully saturated rings. The van der Waals surface area contributed by atoms with Gasteiger partial charge in [-0.05, 0) is 31.0 Å². The van der Waals surface area contributed by atoms with Crippen molar-refractivity contribution in [1.29, 1.82) is 0 Å². The van der Waals surface area contributed by atoms with E-state index in [4.69, 9.17) is 28.9 Å². The first-order valence-corrected chi connectivity index (χ1v) is 8.70. The van der Waals surface area contributed by atoms with Gasteiger partial charge < -0.3 is 10.6 Å². The lowest BCUT2D eigenvalue weighted by molar-refractivity contribution is 0.0778. The fourth-order valence-electron chi connectivity index (χ4n) is 3.25. The second kappa shape index (κ2) is 6.71. The number of amides is 1. The van der Waals surface area contributed by atoms with Gasteiger partial charge in [0.15, 0.2) is 0 Å². The average Bonchev–Trinajstić information content (AvgIpc) is 2.83. The fourth-order valence-corrected chi connectivity index (χ4v) is 3.75. The van der Waals surface area contributed by atoms with Crippen molar-refractivity contribution in [3.63, 3.8) is 0 Å². The maximum Gasteiger partial charge on any atom is 0.256 e. The number of hydrogen-bond acceptors (Lipinski definition) is 3. The molecule has 0 unspecified atom stereocenters. The van der Waals surface area contributed by atoms with Crippen molar-refractivity contribution in [2.75, 3.05) is 6.54 Å². The molecule has 0 bridgehead atoms. The van der Waals surface area contributed by atoms with E-state index in [1.165, 1.54) is 0 Å². The molecular formula is C18H19Cl2N3O. The monoisotopic (exact) mass is 363 g/mol. The molecule has 1 amide bonds. The Morgan fingerprint density at radius 3 is 2.67 bits per heavy atom.